The first-order valence-electron chi connectivity index (χ1n) is 6.48. The number of rotatable bonds is 5. The van der Waals surface area contributed by atoms with Gasteiger partial charge in [0.1, 0.15) is 5.75 Å². The molecule has 0 fully saturated rings. The minimum absolute atomic E-state index is 0.323. The van der Waals surface area contributed by atoms with Crippen molar-refractivity contribution in [2.45, 2.75) is 26.4 Å². The average Bonchev–Trinajstić information content (AvgIpc) is 2.83. The van der Waals surface area contributed by atoms with Crippen molar-refractivity contribution in [2.75, 3.05) is 14.2 Å². The highest BCUT2D eigenvalue weighted by Gasteiger charge is 2.10. The van der Waals surface area contributed by atoms with Crippen molar-refractivity contribution in [1.82, 2.24) is 15.1 Å². The normalized spacial score (nSPS) is 12.4. The summed E-state index contributed by atoms with van der Waals surface area (Å²) in [6.45, 7) is 4.93. The van der Waals surface area contributed by atoms with E-state index in [1.807, 2.05) is 30.1 Å². The molecule has 2 aromatic rings. The van der Waals surface area contributed by atoms with E-state index in [0.717, 1.165) is 23.6 Å². The first-order valence-corrected chi connectivity index (χ1v) is 6.48. The summed E-state index contributed by atoms with van der Waals surface area (Å²) in [5.74, 6) is 0.905. The summed E-state index contributed by atoms with van der Waals surface area (Å²) < 4.78 is 7.42. The topological polar surface area (TPSA) is 39.1 Å². The maximum absolute atomic E-state index is 5.44. The van der Waals surface area contributed by atoms with Gasteiger partial charge in [0.15, 0.2) is 0 Å². The number of ether oxygens (including phenoxy) is 1. The molecule has 0 saturated carbocycles. The Balaban J connectivity index is 2.34. The van der Waals surface area contributed by atoms with Gasteiger partial charge in [-0.05, 0) is 44.7 Å². The molecule has 0 radical (unpaired) electrons. The summed E-state index contributed by atoms with van der Waals surface area (Å²) in [4.78, 5) is 0. The van der Waals surface area contributed by atoms with Crippen molar-refractivity contribution >= 4 is 0 Å². The molecule has 0 spiro atoms. The van der Waals surface area contributed by atoms with Crippen LogP contribution in [-0.2, 0) is 6.54 Å². The molecular weight excluding hydrogens is 238 g/mol. The van der Waals surface area contributed by atoms with E-state index in [1.54, 1.807) is 7.11 Å². The summed E-state index contributed by atoms with van der Waals surface area (Å²) >= 11 is 0. The Morgan fingerprint density at radius 2 is 2.16 bits per heavy atom. The van der Waals surface area contributed by atoms with Crippen LogP contribution in [0.15, 0.2) is 30.5 Å². The first-order chi connectivity index (χ1) is 9.15. The van der Waals surface area contributed by atoms with Crippen LogP contribution >= 0.6 is 0 Å². The van der Waals surface area contributed by atoms with Crippen LogP contribution in [0.3, 0.4) is 0 Å². The van der Waals surface area contributed by atoms with E-state index in [4.69, 9.17) is 4.74 Å². The number of hydrogen-bond donors (Lipinski definition) is 1. The van der Waals surface area contributed by atoms with Gasteiger partial charge >= 0.3 is 0 Å². The van der Waals surface area contributed by atoms with Gasteiger partial charge in [0.25, 0.3) is 0 Å². The van der Waals surface area contributed by atoms with Gasteiger partial charge in [-0.15, -0.1) is 0 Å². The molecule has 0 aliphatic carbocycles. The molecule has 1 atom stereocenters. The zero-order chi connectivity index (χ0) is 13.8. The highest BCUT2D eigenvalue weighted by atomic mass is 16.5. The fourth-order valence-electron chi connectivity index (χ4n) is 2.08. The summed E-state index contributed by atoms with van der Waals surface area (Å²) in [5.41, 5.74) is 3.55. The molecule has 19 heavy (non-hydrogen) atoms. The third-order valence-corrected chi connectivity index (χ3v) is 3.49. The zero-order valence-electron chi connectivity index (χ0n) is 12.0. The van der Waals surface area contributed by atoms with Gasteiger partial charge in [-0.25, -0.2) is 0 Å². The molecule has 102 valence electrons. The van der Waals surface area contributed by atoms with Crippen LogP contribution in [0.4, 0.5) is 0 Å². The van der Waals surface area contributed by atoms with Crippen molar-refractivity contribution in [3.05, 3.63) is 47.3 Å². The maximum atomic E-state index is 5.44. The summed E-state index contributed by atoms with van der Waals surface area (Å²) in [6, 6.07) is 8.63. The molecule has 0 aliphatic heterocycles. The highest BCUT2D eigenvalue weighted by molar-refractivity contribution is 5.38. The average molecular weight is 259 g/mol. The molecule has 0 saturated heterocycles. The van der Waals surface area contributed by atoms with Crippen molar-refractivity contribution in [3.63, 3.8) is 0 Å². The lowest BCUT2D eigenvalue weighted by Gasteiger charge is -2.15. The number of nitrogens with one attached hydrogen (secondary N) is 1. The van der Waals surface area contributed by atoms with E-state index in [2.05, 4.69) is 36.4 Å². The molecule has 4 heteroatoms. The zero-order valence-corrected chi connectivity index (χ0v) is 12.0. The second kappa shape index (κ2) is 5.89. The standard InChI is InChI=1S/C15H21N3O/c1-11-7-8-17-18(11)10-14-9-13(12(2)16-3)5-6-15(14)19-4/h5-9,12,16H,10H2,1-4H3. The van der Waals surface area contributed by atoms with Crippen LogP contribution in [0.25, 0.3) is 0 Å². The quantitative estimate of drug-likeness (QED) is 0.897. The number of methoxy groups -OCH3 is 1. The van der Waals surface area contributed by atoms with Gasteiger partial charge in [0.05, 0.1) is 13.7 Å². The van der Waals surface area contributed by atoms with E-state index in [1.165, 1.54) is 5.56 Å². The molecule has 4 nitrogen and oxygen atoms in total. The second-order valence-corrected chi connectivity index (χ2v) is 4.71. The fraction of sp³-hybridized carbons (Fsp3) is 0.400. The Morgan fingerprint density at radius 1 is 1.37 bits per heavy atom. The van der Waals surface area contributed by atoms with Crippen LogP contribution < -0.4 is 10.1 Å². The third kappa shape index (κ3) is 2.96. The smallest absolute Gasteiger partial charge is 0.123 e. The van der Waals surface area contributed by atoms with Crippen LogP contribution in [0.5, 0.6) is 5.75 Å². The van der Waals surface area contributed by atoms with Gasteiger partial charge in [-0.3, -0.25) is 4.68 Å². The lowest BCUT2D eigenvalue weighted by Crippen LogP contribution is -2.13. The minimum Gasteiger partial charge on any atom is -0.496 e. The van der Waals surface area contributed by atoms with Crippen LogP contribution in [0, 0.1) is 6.92 Å². The molecule has 0 amide bonds. The van der Waals surface area contributed by atoms with Crippen molar-refractivity contribution < 1.29 is 4.74 Å². The molecule has 1 unspecified atom stereocenters. The lowest BCUT2D eigenvalue weighted by molar-refractivity contribution is 0.406. The Bertz CT molecular complexity index is 548. The van der Waals surface area contributed by atoms with Crippen LogP contribution in [0.2, 0.25) is 0 Å². The Morgan fingerprint density at radius 3 is 2.74 bits per heavy atom. The summed E-state index contributed by atoms with van der Waals surface area (Å²) in [5, 5.41) is 7.58. The van der Waals surface area contributed by atoms with E-state index in [9.17, 15) is 0 Å². The Labute approximate surface area is 114 Å². The molecule has 1 aromatic carbocycles. The first kappa shape index (κ1) is 13.6. The van der Waals surface area contributed by atoms with Crippen molar-refractivity contribution in [1.29, 1.82) is 0 Å². The van der Waals surface area contributed by atoms with Gasteiger partial charge in [-0.2, -0.15) is 5.10 Å². The lowest BCUT2D eigenvalue weighted by atomic mass is 10.0. The fourth-order valence-corrected chi connectivity index (χ4v) is 2.08. The van der Waals surface area contributed by atoms with Crippen LogP contribution in [-0.4, -0.2) is 23.9 Å². The van der Waals surface area contributed by atoms with Gasteiger partial charge in [0, 0.05) is 23.5 Å². The maximum Gasteiger partial charge on any atom is 0.123 e. The molecule has 0 aliphatic rings. The van der Waals surface area contributed by atoms with Gasteiger partial charge in [-0.1, -0.05) is 6.07 Å². The minimum atomic E-state index is 0.323. The number of nitrogens with zero attached hydrogens (tertiary/aromatic N) is 2. The van der Waals surface area contributed by atoms with E-state index in [-0.39, 0.29) is 0 Å². The highest BCUT2D eigenvalue weighted by Crippen LogP contribution is 2.24. The largest absolute Gasteiger partial charge is 0.496 e. The van der Waals surface area contributed by atoms with Crippen LogP contribution in [0.1, 0.15) is 29.8 Å². The predicted molar refractivity (Wildman–Crippen MR) is 76.5 cm³/mol. The van der Waals surface area contributed by atoms with Crippen molar-refractivity contribution in [2.24, 2.45) is 0 Å². The molecule has 1 heterocycles. The number of benzene rings is 1. The Hall–Kier alpha value is -1.81. The third-order valence-electron chi connectivity index (χ3n) is 3.49. The number of aryl methyl sites for hydroxylation is 1. The number of hydrogen-bond acceptors (Lipinski definition) is 3. The molecular formula is C15H21N3O. The van der Waals surface area contributed by atoms with Crippen molar-refractivity contribution in [3.8, 4) is 5.75 Å². The summed E-state index contributed by atoms with van der Waals surface area (Å²) in [6.07, 6.45) is 1.82. The monoisotopic (exact) mass is 259 g/mol. The number of aromatic nitrogens is 2. The van der Waals surface area contributed by atoms with E-state index >= 15 is 0 Å². The predicted octanol–water partition coefficient (Wildman–Crippen LogP) is 2.53. The Kier molecular flexibility index (Phi) is 4.22. The SMILES string of the molecule is CNC(C)c1ccc(OC)c(Cn2nccc2C)c1. The molecule has 1 N–H and O–H groups in total. The van der Waals surface area contributed by atoms with E-state index < -0.39 is 0 Å². The van der Waals surface area contributed by atoms with Gasteiger partial charge in [0.2, 0.25) is 0 Å². The molecule has 1 aromatic heterocycles. The molecule has 2 rings (SSSR count). The second-order valence-electron chi connectivity index (χ2n) is 4.71. The summed E-state index contributed by atoms with van der Waals surface area (Å²) in [7, 11) is 3.67. The van der Waals surface area contributed by atoms with E-state index in [0.29, 0.717) is 6.04 Å². The molecule has 0 bridgehead atoms. The van der Waals surface area contributed by atoms with Gasteiger partial charge < -0.3 is 10.1 Å².